The topological polar surface area (TPSA) is 12.0 Å². The Balaban J connectivity index is 0.000000405. The SMILES string of the molecule is C1CCC2CC(C1)N2.Cl. The minimum Gasteiger partial charge on any atom is -0.311 e. The van der Waals surface area contributed by atoms with Crippen molar-refractivity contribution in [1.82, 2.24) is 5.32 Å². The van der Waals surface area contributed by atoms with E-state index in [1.807, 2.05) is 0 Å². The van der Waals surface area contributed by atoms with Gasteiger partial charge in [0.2, 0.25) is 0 Å². The van der Waals surface area contributed by atoms with Crippen LogP contribution in [0.3, 0.4) is 0 Å². The molecule has 2 saturated heterocycles. The summed E-state index contributed by atoms with van der Waals surface area (Å²) in [6.07, 6.45) is 7.29. The Bertz CT molecular complexity index is 73.4. The maximum Gasteiger partial charge on any atom is 0.00844 e. The van der Waals surface area contributed by atoms with Gasteiger partial charge >= 0.3 is 0 Å². The molecule has 2 atom stereocenters. The van der Waals surface area contributed by atoms with Gasteiger partial charge in [0.05, 0.1) is 0 Å². The quantitative estimate of drug-likeness (QED) is 0.550. The lowest BCUT2D eigenvalue weighted by molar-refractivity contribution is 0.269. The van der Waals surface area contributed by atoms with Gasteiger partial charge in [0.15, 0.2) is 0 Å². The molecule has 0 aromatic rings. The Hall–Kier alpha value is 0.250. The lowest BCUT2D eigenvalue weighted by Crippen LogP contribution is -2.50. The molecule has 1 saturated carbocycles. The van der Waals surface area contributed by atoms with Gasteiger partial charge in [-0.05, 0) is 19.3 Å². The lowest BCUT2D eigenvalue weighted by atomic mass is 9.96. The van der Waals surface area contributed by atoms with Gasteiger partial charge in [-0.3, -0.25) is 0 Å². The van der Waals surface area contributed by atoms with Crippen LogP contribution in [-0.4, -0.2) is 12.1 Å². The van der Waals surface area contributed by atoms with Crippen molar-refractivity contribution in [2.24, 2.45) is 0 Å². The molecule has 2 heterocycles. The van der Waals surface area contributed by atoms with Crippen LogP contribution in [0.2, 0.25) is 0 Å². The molecule has 3 rings (SSSR count). The summed E-state index contributed by atoms with van der Waals surface area (Å²) in [6, 6.07) is 1.84. The Morgan fingerprint density at radius 2 is 1.44 bits per heavy atom. The summed E-state index contributed by atoms with van der Waals surface area (Å²) in [6.45, 7) is 0. The highest BCUT2D eigenvalue weighted by molar-refractivity contribution is 5.85. The largest absolute Gasteiger partial charge is 0.311 e. The van der Waals surface area contributed by atoms with E-state index < -0.39 is 0 Å². The Morgan fingerprint density at radius 3 is 1.89 bits per heavy atom. The van der Waals surface area contributed by atoms with Gasteiger partial charge < -0.3 is 5.32 Å². The maximum absolute atomic E-state index is 3.54. The van der Waals surface area contributed by atoms with Gasteiger partial charge in [0.25, 0.3) is 0 Å². The molecule has 3 aliphatic rings. The van der Waals surface area contributed by atoms with E-state index in [2.05, 4.69) is 5.32 Å². The summed E-state index contributed by atoms with van der Waals surface area (Å²) in [4.78, 5) is 0. The fourth-order valence-electron chi connectivity index (χ4n) is 1.84. The molecule has 0 aromatic heterocycles. The number of halogens is 1. The number of rotatable bonds is 0. The van der Waals surface area contributed by atoms with Crippen LogP contribution < -0.4 is 5.32 Å². The van der Waals surface area contributed by atoms with Crippen molar-refractivity contribution in [2.75, 3.05) is 0 Å². The third-order valence-electron chi connectivity index (χ3n) is 2.40. The molecule has 0 radical (unpaired) electrons. The van der Waals surface area contributed by atoms with Gasteiger partial charge in [-0.25, -0.2) is 0 Å². The third kappa shape index (κ3) is 1.39. The molecule has 2 unspecified atom stereocenters. The Kier molecular flexibility index (Phi) is 2.36. The minimum atomic E-state index is 0. The normalized spacial score (nSPS) is 40.0. The molecule has 0 spiro atoms. The number of nitrogens with one attached hydrogen (secondary N) is 1. The van der Waals surface area contributed by atoms with E-state index in [-0.39, 0.29) is 12.4 Å². The van der Waals surface area contributed by atoms with Crippen molar-refractivity contribution in [2.45, 2.75) is 44.2 Å². The van der Waals surface area contributed by atoms with Gasteiger partial charge in [0, 0.05) is 12.1 Å². The smallest absolute Gasteiger partial charge is 0.00844 e. The third-order valence-corrected chi connectivity index (χ3v) is 2.40. The van der Waals surface area contributed by atoms with Gasteiger partial charge in [0.1, 0.15) is 0 Å². The summed E-state index contributed by atoms with van der Waals surface area (Å²) in [5, 5.41) is 3.54. The molecular weight excluding hydrogens is 134 g/mol. The zero-order valence-corrected chi connectivity index (χ0v) is 6.41. The second-order valence-electron chi connectivity index (χ2n) is 3.08. The van der Waals surface area contributed by atoms with E-state index in [9.17, 15) is 0 Å². The second kappa shape index (κ2) is 2.89. The molecule has 1 aliphatic carbocycles. The van der Waals surface area contributed by atoms with Crippen LogP contribution in [0.1, 0.15) is 32.1 Å². The van der Waals surface area contributed by atoms with E-state index in [1.165, 1.54) is 32.1 Å². The molecular formula is C7H14ClN. The van der Waals surface area contributed by atoms with Crippen LogP contribution in [-0.2, 0) is 0 Å². The van der Waals surface area contributed by atoms with Crippen LogP contribution in [0.25, 0.3) is 0 Å². The summed E-state index contributed by atoms with van der Waals surface area (Å²) in [5.74, 6) is 0. The maximum atomic E-state index is 3.54. The highest BCUT2D eigenvalue weighted by Crippen LogP contribution is 2.26. The van der Waals surface area contributed by atoms with Crippen molar-refractivity contribution in [3.05, 3.63) is 0 Å². The molecule has 2 aliphatic heterocycles. The van der Waals surface area contributed by atoms with Crippen LogP contribution in [0.4, 0.5) is 0 Å². The zero-order valence-electron chi connectivity index (χ0n) is 5.60. The van der Waals surface area contributed by atoms with Crippen molar-refractivity contribution < 1.29 is 0 Å². The molecule has 54 valence electrons. The molecule has 2 heteroatoms. The molecule has 9 heavy (non-hydrogen) atoms. The zero-order chi connectivity index (χ0) is 5.40. The summed E-state index contributed by atoms with van der Waals surface area (Å²) in [5.41, 5.74) is 0. The van der Waals surface area contributed by atoms with Crippen molar-refractivity contribution >= 4 is 12.4 Å². The second-order valence-corrected chi connectivity index (χ2v) is 3.08. The van der Waals surface area contributed by atoms with E-state index in [0.717, 1.165) is 12.1 Å². The number of hydrogen-bond donors (Lipinski definition) is 1. The van der Waals surface area contributed by atoms with Crippen molar-refractivity contribution in [3.63, 3.8) is 0 Å². The highest BCUT2D eigenvalue weighted by Gasteiger charge is 2.29. The highest BCUT2D eigenvalue weighted by atomic mass is 35.5. The monoisotopic (exact) mass is 147 g/mol. The summed E-state index contributed by atoms with van der Waals surface area (Å²) < 4.78 is 0. The first-order chi connectivity index (χ1) is 3.95. The predicted octanol–water partition coefficient (Wildman–Crippen LogP) is 1.71. The van der Waals surface area contributed by atoms with Crippen molar-refractivity contribution in [1.29, 1.82) is 0 Å². The van der Waals surface area contributed by atoms with Crippen LogP contribution in [0.5, 0.6) is 0 Å². The Labute approximate surface area is 62.6 Å². The van der Waals surface area contributed by atoms with Crippen LogP contribution in [0, 0.1) is 0 Å². The van der Waals surface area contributed by atoms with E-state index in [1.54, 1.807) is 0 Å². The average molecular weight is 148 g/mol. The summed E-state index contributed by atoms with van der Waals surface area (Å²) >= 11 is 0. The van der Waals surface area contributed by atoms with Crippen molar-refractivity contribution in [3.8, 4) is 0 Å². The molecule has 3 fully saturated rings. The first kappa shape index (κ1) is 7.36. The molecule has 1 N–H and O–H groups in total. The first-order valence-electron chi connectivity index (χ1n) is 3.71. The van der Waals surface area contributed by atoms with E-state index in [0.29, 0.717) is 0 Å². The molecule has 0 amide bonds. The van der Waals surface area contributed by atoms with Crippen LogP contribution in [0.15, 0.2) is 0 Å². The Morgan fingerprint density at radius 1 is 1.00 bits per heavy atom. The average Bonchev–Trinajstić information content (AvgIpc) is 1.89. The lowest BCUT2D eigenvalue weighted by Gasteiger charge is -2.34. The van der Waals surface area contributed by atoms with Gasteiger partial charge in [-0.15, -0.1) is 12.4 Å². The molecule has 0 aromatic carbocycles. The molecule has 2 bridgehead atoms. The van der Waals surface area contributed by atoms with E-state index >= 15 is 0 Å². The fraction of sp³-hybridized carbons (Fsp3) is 1.00. The van der Waals surface area contributed by atoms with Gasteiger partial charge in [-0.1, -0.05) is 12.8 Å². The fourth-order valence-corrected chi connectivity index (χ4v) is 1.84. The van der Waals surface area contributed by atoms with E-state index in [4.69, 9.17) is 0 Å². The molecule has 1 nitrogen and oxygen atoms in total. The number of hydrogen-bond acceptors (Lipinski definition) is 1. The van der Waals surface area contributed by atoms with Gasteiger partial charge in [-0.2, -0.15) is 0 Å². The standard InChI is InChI=1S/C7H13N.ClH/c1-2-4-7-5-6(3-1)8-7;/h6-8H,1-5H2;1H. The first-order valence-corrected chi connectivity index (χ1v) is 3.71. The minimum absolute atomic E-state index is 0. The summed E-state index contributed by atoms with van der Waals surface area (Å²) in [7, 11) is 0. The predicted molar refractivity (Wildman–Crippen MR) is 41.0 cm³/mol. The number of fused-ring (bicyclic) bond motifs is 3. The van der Waals surface area contributed by atoms with Crippen LogP contribution >= 0.6 is 12.4 Å².